The molecule has 1 atom stereocenters. The summed E-state index contributed by atoms with van der Waals surface area (Å²) < 4.78 is 5.54. The summed E-state index contributed by atoms with van der Waals surface area (Å²) in [5, 5.41) is 15.2. The lowest BCUT2D eigenvalue weighted by Gasteiger charge is -2.19. The van der Waals surface area contributed by atoms with E-state index in [0.717, 1.165) is 47.2 Å². The molecule has 5 rings (SSSR count). The van der Waals surface area contributed by atoms with Crippen LogP contribution in [0.4, 0.5) is 0 Å². The molecule has 1 aliphatic rings. The summed E-state index contributed by atoms with van der Waals surface area (Å²) in [4.78, 5) is 13.1. The molecule has 3 heterocycles. The van der Waals surface area contributed by atoms with Gasteiger partial charge in [-0.05, 0) is 67.8 Å². The normalized spacial score (nSPS) is 15.3. The topological polar surface area (TPSA) is 64.7 Å². The second-order valence-corrected chi connectivity index (χ2v) is 11.3. The zero-order valence-corrected chi connectivity index (χ0v) is 21.8. The Kier molecular flexibility index (Phi) is 6.53. The Balaban J connectivity index is 1.57. The summed E-state index contributed by atoms with van der Waals surface area (Å²) in [6.45, 7) is 6.28. The van der Waals surface area contributed by atoms with Crippen LogP contribution in [0.15, 0.2) is 40.9 Å². The van der Waals surface area contributed by atoms with E-state index in [1.165, 1.54) is 40.4 Å². The van der Waals surface area contributed by atoms with Gasteiger partial charge in [0, 0.05) is 13.1 Å². The van der Waals surface area contributed by atoms with Crippen LogP contribution in [0.25, 0.3) is 27.4 Å². The molecule has 0 saturated heterocycles. The number of benzene rings is 1. The van der Waals surface area contributed by atoms with Crippen molar-refractivity contribution in [2.75, 3.05) is 0 Å². The number of carbonyl (C=O) groups is 1. The van der Waals surface area contributed by atoms with E-state index in [2.05, 4.69) is 88.2 Å². The highest BCUT2D eigenvalue weighted by molar-refractivity contribution is 8.00. The van der Waals surface area contributed by atoms with E-state index in [1.807, 2.05) is 0 Å². The maximum atomic E-state index is 13.1. The summed E-state index contributed by atoms with van der Waals surface area (Å²) in [5.74, 6) is 0.906. The van der Waals surface area contributed by atoms with Crippen LogP contribution in [-0.2, 0) is 11.8 Å². The highest BCUT2D eigenvalue weighted by Gasteiger charge is 2.27. The van der Waals surface area contributed by atoms with Crippen molar-refractivity contribution in [3.8, 4) is 17.2 Å². The number of thiophene rings is 1. The van der Waals surface area contributed by atoms with Crippen LogP contribution >= 0.6 is 23.1 Å². The van der Waals surface area contributed by atoms with Crippen LogP contribution < -0.4 is 5.32 Å². The third-order valence-electron chi connectivity index (χ3n) is 6.74. The maximum Gasteiger partial charge on any atom is 0.233 e. The van der Waals surface area contributed by atoms with Crippen LogP contribution in [-0.4, -0.2) is 36.5 Å². The standard InChI is InChI=1S/C26H31N5OS2/c1-5-22(25(32)27-18-8-6-7-9-18)34-26-29-28-24(21-15-23-19(30(21)4)12-13-33-23)31(26)20-14-16(2)10-11-17(20)3/h10-15,18,22H,5-9H2,1-4H3,(H,27,32)/t22-/m1/s1. The fourth-order valence-electron chi connectivity index (χ4n) is 4.77. The van der Waals surface area contributed by atoms with Crippen molar-refractivity contribution in [2.45, 2.75) is 69.3 Å². The number of rotatable bonds is 7. The van der Waals surface area contributed by atoms with E-state index >= 15 is 0 Å². The molecule has 1 fully saturated rings. The number of fused-ring (bicyclic) bond motifs is 1. The predicted molar refractivity (Wildman–Crippen MR) is 141 cm³/mol. The first kappa shape index (κ1) is 23.2. The molecular weight excluding hydrogens is 462 g/mol. The molecular formula is C26H31N5OS2. The Labute approximate surface area is 208 Å². The first-order valence-corrected chi connectivity index (χ1v) is 13.8. The lowest BCUT2D eigenvalue weighted by atomic mass is 10.1. The van der Waals surface area contributed by atoms with E-state index in [-0.39, 0.29) is 11.2 Å². The first-order chi connectivity index (χ1) is 16.5. The van der Waals surface area contributed by atoms with Crippen LogP contribution in [0.5, 0.6) is 0 Å². The van der Waals surface area contributed by atoms with Gasteiger partial charge in [0.15, 0.2) is 11.0 Å². The van der Waals surface area contributed by atoms with Crippen LogP contribution in [0.1, 0.15) is 50.2 Å². The molecule has 0 bridgehead atoms. The van der Waals surface area contributed by atoms with Gasteiger partial charge in [-0.1, -0.05) is 43.7 Å². The van der Waals surface area contributed by atoms with Gasteiger partial charge < -0.3 is 9.88 Å². The molecule has 8 heteroatoms. The number of carbonyl (C=O) groups excluding carboxylic acids is 1. The molecule has 0 unspecified atom stereocenters. The lowest BCUT2D eigenvalue weighted by Crippen LogP contribution is -2.38. The molecule has 1 aliphatic carbocycles. The van der Waals surface area contributed by atoms with Gasteiger partial charge in [0.25, 0.3) is 0 Å². The SMILES string of the molecule is CC[C@@H](Sc1nnc(-c2cc3sccc3n2C)n1-c1cc(C)ccc1C)C(=O)NC1CCCC1. The molecule has 0 radical (unpaired) electrons. The molecule has 0 spiro atoms. The number of hydrogen-bond acceptors (Lipinski definition) is 5. The number of nitrogens with zero attached hydrogens (tertiary/aromatic N) is 4. The maximum absolute atomic E-state index is 13.1. The highest BCUT2D eigenvalue weighted by Crippen LogP contribution is 2.36. The quantitative estimate of drug-likeness (QED) is 0.319. The fraction of sp³-hybridized carbons (Fsp3) is 0.423. The molecule has 6 nitrogen and oxygen atoms in total. The van der Waals surface area contributed by atoms with Gasteiger partial charge in [0.1, 0.15) is 0 Å². The summed E-state index contributed by atoms with van der Waals surface area (Å²) in [5.41, 5.74) is 5.58. The fourth-order valence-corrected chi connectivity index (χ4v) is 6.59. The Morgan fingerprint density at radius 2 is 2.00 bits per heavy atom. The zero-order valence-electron chi connectivity index (χ0n) is 20.2. The first-order valence-electron chi connectivity index (χ1n) is 12.0. The molecule has 1 aromatic carbocycles. The van der Waals surface area contributed by atoms with Crippen LogP contribution in [0.2, 0.25) is 0 Å². The number of aromatic nitrogens is 4. The second-order valence-electron chi connectivity index (χ2n) is 9.19. The van der Waals surface area contributed by atoms with Crippen molar-refractivity contribution in [2.24, 2.45) is 7.05 Å². The largest absolute Gasteiger partial charge is 0.352 e. The Morgan fingerprint density at radius 3 is 2.74 bits per heavy atom. The van der Waals surface area contributed by atoms with Crippen molar-refractivity contribution >= 4 is 39.2 Å². The molecule has 1 N–H and O–H groups in total. The third kappa shape index (κ3) is 4.29. The Hall–Kier alpha value is -2.58. The van der Waals surface area contributed by atoms with Gasteiger partial charge >= 0.3 is 0 Å². The monoisotopic (exact) mass is 493 g/mol. The molecule has 1 saturated carbocycles. The summed E-state index contributed by atoms with van der Waals surface area (Å²) in [6.07, 6.45) is 5.30. The average Bonchev–Trinajstić information content (AvgIpc) is 3.60. The van der Waals surface area contributed by atoms with E-state index in [9.17, 15) is 4.79 Å². The van der Waals surface area contributed by atoms with Crippen molar-refractivity contribution in [1.29, 1.82) is 0 Å². The Bertz CT molecular complexity index is 1330. The minimum atomic E-state index is -0.210. The lowest BCUT2D eigenvalue weighted by molar-refractivity contribution is -0.121. The molecule has 0 aliphatic heterocycles. The van der Waals surface area contributed by atoms with Crippen LogP contribution in [0, 0.1) is 13.8 Å². The van der Waals surface area contributed by atoms with Crippen molar-refractivity contribution in [1.82, 2.24) is 24.6 Å². The van der Waals surface area contributed by atoms with E-state index < -0.39 is 0 Å². The minimum absolute atomic E-state index is 0.107. The molecule has 178 valence electrons. The van der Waals surface area contributed by atoms with Gasteiger partial charge in [0.05, 0.1) is 26.8 Å². The zero-order chi connectivity index (χ0) is 23.8. The van der Waals surface area contributed by atoms with Gasteiger partial charge in [-0.2, -0.15) is 0 Å². The summed E-state index contributed by atoms with van der Waals surface area (Å²) in [6, 6.07) is 11.1. The van der Waals surface area contributed by atoms with Gasteiger partial charge in [-0.15, -0.1) is 21.5 Å². The minimum Gasteiger partial charge on any atom is -0.352 e. The smallest absolute Gasteiger partial charge is 0.233 e. The van der Waals surface area contributed by atoms with E-state index in [4.69, 9.17) is 0 Å². The van der Waals surface area contributed by atoms with Crippen molar-refractivity contribution in [3.63, 3.8) is 0 Å². The molecule has 4 aromatic rings. The number of aryl methyl sites for hydroxylation is 3. The van der Waals surface area contributed by atoms with Gasteiger partial charge in [-0.3, -0.25) is 9.36 Å². The Morgan fingerprint density at radius 1 is 1.21 bits per heavy atom. The number of hydrogen-bond donors (Lipinski definition) is 1. The van der Waals surface area contributed by atoms with Crippen molar-refractivity contribution < 1.29 is 4.79 Å². The summed E-state index contributed by atoms with van der Waals surface area (Å²) >= 11 is 3.24. The van der Waals surface area contributed by atoms with Gasteiger partial charge in [0.2, 0.25) is 5.91 Å². The predicted octanol–water partition coefficient (Wildman–Crippen LogP) is 6.03. The van der Waals surface area contributed by atoms with Gasteiger partial charge in [-0.25, -0.2) is 0 Å². The molecule has 3 aromatic heterocycles. The third-order valence-corrected chi connectivity index (χ3v) is 8.90. The molecule has 1 amide bonds. The van der Waals surface area contributed by atoms with Crippen LogP contribution in [0.3, 0.4) is 0 Å². The number of nitrogens with one attached hydrogen (secondary N) is 1. The average molecular weight is 494 g/mol. The van der Waals surface area contributed by atoms with E-state index in [0.29, 0.717) is 6.04 Å². The van der Waals surface area contributed by atoms with E-state index in [1.54, 1.807) is 11.3 Å². The second kappa shape index (κ2) is 9.58. The summed E-state index contributed by atoms with van der Waals surface area (Å²) in [7, 11) is 2.07. The number of thioether (sulfide) groups is 1. The number of amides is 1. The molecule has 34 heavy (non-hydrogen) atoms. The highest BCUT2D eigenvalue weighted by atomic mass is 32.2. The van der Waals surface area contributed by atoms with Crippen molar-refractivity contribution in [3.05, 3.63) is 46.8 Å².